The van der Waals surface area contributed by atoms with E-state index in [1.165, 1.54) is 0 Å². The van der Waals surface area contributed by atoms with Gasteiger partial charge in [0.25, 0.3) is 0 Å². The van der Waals surface area contributed by atoms with Gasteiger partial charge in [0, 0.05) is 6.57 Å². The van der Waals surface area contributed by atoms with Crippen LogP contribution < -0.4 is 0 Å². The van der Waals surface area contributed by atoms with Crippen molar-refractivity contribution in [2.45, 2.75) is 54.9 Å². The summed E-state index contributed by atoms with van der Waals surface area (Å²) in [6.07, 6.45) is 0. The van der Waals surface area contributed by atoms with Crippen LogP contribution in [-0.4, -0.2) is 19.8 Å². The molecule has 0 amide bonds. The normalized spacial score (nSPS) is 10.9. The molecule has 0 aliphatic carbocycles. The molecule has 0 atom stereocenters. The van der Waals surface area contributed by atoms with Crippen molar-refractivity contribution >= 4 is 19.8 Å². The van der Waals surface area contributed by atoms with Crippen molar-refractivity contribution in [1.82, 2.24) is 0 Å². The van der Waals surface area contributed by atoms with Crippen LogP contribution in [0.25, 0.3) is 0 Å². The van der Waals surface area contributed by atoms with Gasteiger partial charge in [-0.2, -0.15) is 0 Å². The fraction of sp³-hybridized carbons (Fsp3) is 0.923. The van der Waals surface area contributed by atoms with Crippen molar-refractivity contribution in [3.8, 4) is 6.57 Å². The van der Waals surface area contributed by atoms with E-state index in [1.807, 2.05) is 0 Å². The van der Waals surface area contributed by atoms with Crippen LogP contribution in [0, 0.1) is 29.6 Å². The number of nitrogens with zero attached hydrogens (tertiary/aromatic N) is 1. The van der Waals surface area contributed by atoms with Crippen molar-refractivity contribution in [1.29, 1.82) is 5.26 Å². The predicted molar refractivity (Wildman–Crippen MR) is 71.4 cm³/mol. The first-order valence-corrected chi connectivity index (χ1v) is 12.1. The zero-order valence-corrected chi connectivity index (χ0v) is 14.2. The molecule has 2 heteroatoms. The molecule has 0 aliphatic heterocycles. The molecule has 0 rings (SSSR count). The molecular formula is C13H28NSn. The van der Waals surface area contributed by atoms with E-state index < -0.39 is 19.8 Å². The van der Waals surface area contributed by atoms with Gasteiger partial charge in [-0.1, -0.05) is 0 Å². The molecule has 0 aliphatic rings. The summed E-state index contributed by atoms with van der Waals surface area (Å²) in [4.78, 5) is 0. The number of nitriles is 1. The molecule has 0 N–H and O–H groups in total. The molecule has 0 heterocycles. The molecule has 0 saturated carbocycles. The summed E-state index contributed by atoms with van der Waals surface area (Å²) >= 11 is -0.976. The molecule has 0 unspecified atom stereocenters. The zero-order valence-electron chi connectivity index (χ0n) is 11.4. The van der Waals surface area contributed by atoms with Crippen molar-refractivity contribution in [2.24, 2.45) is 17.8 Å². The summed E-state index contributed by atoms with van der Waals surface area (Å²) in [5.74, 6) is 2.85. The van der Waals surface area contributed by atoms with Crippen molar-refractivity contribution < 1.29 is 0 Å². The summed E-state index contributed by atoms with van der Waals surface area (Å²) in [6.45, 7) is 17.8. The van der Waals surface area contributed by atoms with E-state index in [2.05, 4.69) is 48.1 Å². The van der Waals surface area contributed by atoms with Crippen LogP contribution in [0.2, 0.25) is 13.3 Å². The summed E-state index contributed by atoms with van der Waals surface area (Å²) in [7, 11) is 0. The molecule has 15 heavy (non-hydrogen) atoms. The van der Waals surface area contributed by atoms with Gasteiger partial charge >= 0.3 is 92.4 Å². The van der Waals surface area contributed by atoms with Crippen molar-refractivity contribution in [2.75, 3.05) is 0 Å². The number of hydrogen-bond donors (Lipinski definition) is 0. The Morgan fingerprint density at radius 3 is 1.07 bits per heavy atom. The van der Waals surface area contributed by atoms with Gasteiger partial charge in [0.15, 0.2) is 0 Å². The van der Waals surface area contributed by atoms with Crippen LogP contribution in [0.3, 0.4) is 0 Å². The Kier molecular flexibility index (Phi) is 12.7. The first-order valence-electron chi connectivity index (χ1n) is 6.01. The van der Waals surface area contributed by atoms with Crippen LogP contribution >= 0.6 is 0 Å². The van der Waals surface area contributed by atoms with Gasteiger partial charge in [0.1, 0.15) is 0 Å². The molecular weight excluding hydrogens is 289 g/mol. The fourth-order valence-corrected chi connectivity index (χ4v) is 13.3. The molecule has 0 spiro atoms. The standard InChI is InChI=1S/3C4H9.CHN.Sn/c3*1-4(2)3;1-2;/h3*4H,1H2,2-3H3;1H;. The summed E-state index contributed by atoms with van der Waals surface area (Å²) < 4.78 is 4.83. The number of rotatable bonds is 6. The Hall–Kier alpha value is 0.289. The molecule has 0 aromatic rings. The third-order valence-corrected chi connectivity index (χ3v) is 14.0. The van der Waals surface area contributed by atoms with Crippen LogP contribution in [0.4, 0.5) is 0 Å². The van der Waals surface area contributed by atoms with Gasteiger partial charge in [-0.15, -0.1) is 0 Å². The van der Waals surface area contributed by atoms with E-state index in [9.17, 15) is 0 Å². The monoisotopic (exact) mass is 318 g/mol. The Labute approximate surface area is 104 Å². The second kappa shape index (κ2) is 10.8. The quantitative estimate of drug-likeness (QED) is 0.657. The molecule has 1 nitrogen and oxygen atoms in total. The third-order valence-electron chi connectivity index (χ3n) is 2.09. The molecule has 89 valence electrons. The Morgan fingerprint density at radius 1 is 0.733 bits per heavy atom. The van der Waals surface area contributed by atoms with Crippen LogP contribution in [-0.2, 0) is 0 Å². The minimum absolute atomic E-state index is 0.951. The van der Waals surface area contributed by atoms with Gasteiger partial charge in [-0.3, -0.25) is 0 Å². The van der Waals surface area contributed by atoms with Crippen LogP contribution in [0.1, 0.15) is 41.5 Å². The molecule has 0 saturated heterocycles. The van der Waals surface area contributed by atoms with E-state index in [-0.39, 0.29) is 0 Å². The second-order valence-corrected chi connectivity index (χ2v) is 13.3. The van der Waals surface area contributed by atoms with E-state index in [0.717, 1.165) is 17.8 Å². The molecule has 0 bridgehead atoms. The molecule has 1 radical (unpaired) electrons. The first-order chi connectivity index (χ1) is 6.91. The predicted octanol–water partition coefficient (Wildman–Crippen LogP) is 4.59. The topological polar surface area (TPSA) is 23.8 Å². The van der Waals surface area contributed by atoms with Crippen molar-refractivity contribution in [3.05, 3.63) is 0 Å². The fourth-order valence-electron chi connectivity index (χ4n) is 1.98. The SMILES string of the molecule is C#N.CC(C)[CH2][Sn]([CH2]C(C)C)[CH2]C(C)C. The van der Waals surface area contributed by atoms with Gasteiger partial charge in [-0.05, 0) is 0 Å². The van der Waals surface area contributed by atoms with Crippen molar-refractivity contribution in [3.63, 3.8) is 0 Å². The van der Waals surface area contributed by atoms with E-state index in [0.29, 0.717) is 0 Å². The molecule has 0 aromatic carbocycles. The van der Waals surface area contributed by atoms with Gasteiger partial charge in [0.2, 0.25) is 0 Å². The average molecular weight is 317 g/mol. The van der Waals surface area contributed by atoms with E-state index in [4.69, 9.17) is 5.26 Å². The van der Waals surface area contributed by atoms with Gasteiger partial charge in [-0.25, -0.2) is 5.26 Å². The Balaban J connectivity index is 0. The summed E-state index contributed by atoms with van der Waals surface area (Å²) in [5.41, 5.74) is 0. The maximum atomic E-state index is 6.50. The Morgan fingerprint density at radius 2 is 0.933 bits per heavy atom. The summed E-state index contributed by atoms with van der Waals surface area (Å²) in [5, 5.41) is 6.50. The second-order valence-electron chi connectivity index (χ2n) is 5.54. The van der Waals surface area contributed by atoms with Crippen LogP contribution in [0.15, 0.2) is 0 Å². The minimum atomic E-state index is -0.976. The van der Waals surface area contributed by atoms with E-state index in [1.54, 1.807) is 13.3 Å². The molecule has 0 fully saturated rings. The first kappa shape index (κ1) is 17.7. The van der Waals surface area contributed by atoms with Crippen LogP contribution in [0.5, 0.6) is 0 Å². The average Bonchev–Trinajstić information content (AvgIpc) is 2.03. The number of hydrogen-bond acceptors (Lipinski definition) is 1. The zero-order chi connectivity index (χ0) is 12.4. The Bertz CT molecular complexity index is 126. The van der Waals surface area contributed by atoms with Gasteiger partial charge < -0.3 is 0 Å². The molecule has 0 aromatic heterocycles. The van der Waals surface area contributed by atoms with Gasteiger partial charge in [0.05, 0.1) is 0 Å². The maximum absolute atomic E-state index is 6.50. The van der Waals surface area contributed by atoms with E-state index >= 15 is 0 Å². The summed E-state index contributed by atoms with van der Waals surface area (Å²) in [6, 6.07) is 0. The third kappa shape index (κ3) is 14.3.